The van der Waals surface area contributed by atoms with Crippen molar-refractivity contribution >= 4 is 34.3 Å². The van der Waals surface area contributed by atoms with Crippen LogP contribution in [0.15, 0.2) is 76.1 Å². The summed E-state index contributed by atoms with van der Waals surface area (Å²) in [7, 11) is 1.56. The number of aromatic nitrogens is 1. The summed E-state index contributed by atoms with van der Waals surface area (Å²) in [4.78, 5) is 32.7. The maximum atomic E-state index is 13.5. The van der Waals surface area contributed by atoms with Crippen LogP contribution in [0.2, 0.25) is 5.02 Å². The van der Waals surface area contributed by atoms with Crippen molar-refractivity contribution in [3.8, 4) is 5.75 Å². The Bertz CT molecular complexity index is 1350. The van der Waals surface area contributed by atoms with Crippen LogP contribution in [0.5, 0.6) is 5.75 Å². The highest BCUT2D eigenvalue weighted by Crippen LogP contribution is 2.41. The molecule has 1 aliphatic heterocycles. The molecule has 0 radical (unpaired) electrons. The first-order valence-corrected chi connectivity index (χ1v) is 9.61. The van der Waals surface area contributed by atoms with Gasteiger partial charge in [-0.25, -0.2) is 4.98 Å². The Morgan fingerprint density at radius 2 is 1.93 bits per heavy atom. The Hall–Kier alpha value is -3.64. The van der Waals surface area contributed by atoms with Gasteiger partial charge in [0.25, 0.3) is 5.91 Å². The van der Waals surface area contributed by atoms with E-state index in [4.69, 9.17) is 20.8 Å². The normalized spacial score (nSPS) is 15.5. The van der Waals surface area contributed by atoms with Gasteiger partial charge < -0.3 is 9.15 Å². The van der Waals surface area contributed by atoms with Gasteiger partial charge in [0, 0.05) is 11.2 Å². The van der Waals surface area contributed by atoms with E-state index in [-0.39, 0.29) is 16.8 Å². The van der Waals surface area contributed by atoms with Gasteiger partial charge in [-0.05, 0) is 48.0 Å². The van der Waals surface area contributed by atoms with Crippen LogP contribution in [-0.2, 0) is 0 Å². The van der Waals surface area contributed by atoms with Crippen LogP contribution in [0.1, 0.15) is 27.7 Å². The number of hydrogen-bond acceptors (Lipinski definition) is 5. The van der Waals surface area contributed by atoms with Crippen molar-refractivity contribution in [2.75, 3.05) is 12.0 Å². The largest absolute Gasteiger partial charge is 0.497 e. The zero-order valence-corrected chi connectivity index (χ0v) is 16.6. The SMILES string of the molecule is COc1cccc([C@H]2c3c(oc4ccc(Cl)cc4c3=O)C(=O)N2c2ccccn2)c1. The van der Waals surface area contributed by atoms with Crippen LogP contribution in [0.4, 0.5) is 5.82 Å². The number of rotatable bonds is 3. The first-order valence-electron chi connectivity index (χ1n) is 9.23. The van der Waals surface area contributed by atoms with E-state index < -0.39 is 11.9 Å². The number of nitrogens with zero attached hydrogens (tertiary/aromatic N) is 2. The van der Waals surface area contributed by atoms with Crippen LogP contribution in [0.25, 0.3) is 11.0 Å². The number of carbonyl (C=O) groups excluding carboxylic acids is 1. The standard InChI is InChI=1S/C23H15ClN2O4/c1-29-15-6-4-5-13(11-15)20-19-21(27)16-12-14(24)8-9-17(16)30-22(19)23(28)26(20)18-7-2-3-10-25-18/h2-12,20H,1H3/t20-/m0/s1. The third-order valence-corrected chi connectivity index (χ3v) is 5.37. The summed E-state index contributed by atoms with van der Waals surface area (Å²) >= 11 is 6.10. The summed E-state index contributed by atoms with van der Waals surface area (Å²) in [5.74, 6) is 0.615. The molecule has 1 amide bonds. The quantitative estimate of drug-likeness (QED) is 0.486. The van der Waals surface area contributed by atoms with Crippen LogP contribution >= 0.6 is 11.6 Å². The number of amides is 1. The maximum absolute atomic E-state index is 13.5. The highest BCUT2D eigenvalue weighted by Gasteiger charge is 2.44. The molecule has 2 aromatic carbocycles. The van der Waals surface area contributed by atoms with Gasteiger partial charge >= 0.3 is 0 Å². The predicted octanol–water partition coefficient (Wildman–Crippen LogP) is 4.60. The molecule has 0 N–H and O–H groups in total. The Labute approximate surface area is 176 Å². The van der Waals surface area contributed by atoms with Crippen LogP contribution in [0.3, 0.4) is 0 Å². The molecule has 0 bridgehead atoms. The summed E-state index contributed by atoms with van der Waals surface area (Å²) in [6.07, 6.45) is 1.60. The average molecular weight is 419 g/mol. The predicted molar refractivity (Wildman–Crippen MR) is 113 cm³/mol. The minimum absolute atomic E-state index is 0.00768. The molecule has 5 rings (SSSR count). The third-order valence-electron chi connectivity index (χ3n) is 5.14. The second-order valence-corrected chi connectivity index (χ2v) is 7.29. The van der Waals surface area contributed by atoms with Crippen molar-refractivity contribution in [2.45, 2.75) is 6.04 Å². The second kappa shape index (κ2) is 7.00. The first-order chi connectivity index (χ1) is 14.6. The lowest BCUT2D eigenvalue weighted by Crippen LogP contribution is -2.30. The number of carbonyl (C=O) groups is 1. The molecule has 1 atom stereocenters. The number of fused-ring (bicyclic) bond motifs is 2. The smallest absolute Gasteiger partial charge is 0.296 e. The molecule has 0 spiro atoms. The summed E-state index contributed by atoms with van der Waals surface area (Å²) < 4.78 is 11.3. The van der Waals surface area contributed by atoms with Crippen LogP contribution in [0, 0.1) is 0 Å². The third kappa shape index (κ3) is 2.76. The van der Waals surface area contributed by atoms with Gasteiger partial charge in [-0.15, -0.1) is 0 Å². The van der Waals surface area contributed by atoms with Crippen molar-refractivity contribution in [1.82, 2.24) is 4.98 Å². The van der Waals surface area contributed by atoms with Gasteiger partial charge in [-0.3, -0.25) is 14.5 Å². The minimum atomic E-state index is -0.711. The van der Waals surface area contributed by atoms with Gasteiger partial charge in [-0.1, -0.05) is 29.8 Å². The lowest BCUT2D eigenvalue weighted by atomic mass is 9.98. The van der Waals surface area contributed by atoms with E-state index in [1.54, 1.807) is 61.8 Å². The van der Waals surface area contributed by atoms with E-state index in [9.17, 15) is 9.59 Å². The zero-order valence-electron chi connectivity index (χ0n) is 15.8. The Morgan fingerprint density at radius 3 is 2.70 bits per heavy atom. The van der Waals surface area contributed by atoms with Crippen molar-refractivity contribution < 1.29 is 13.9 Å². The van der Waals surface area contributed by atoms with Gasteiger partial charge in [0.2, 0.25) is 5.76 Å². The fraction of sp³-hybridized carbons (Fsp3) is 0.0870. The molecule has 0 saturated carbocycles. The Balaban J connectivity index is 1.83. The molecule has 1 aliphatic rings. The van der Waals surface area contributed by atoms with Crippen LogP contribution in [-0.4, -0.2) is 18.0 Å². The van der Waals surface area contributed by atoms with Crippen LogP contribution < -0.4 is 15.1 Å². The first kappa shape index (κ1) is 18.4. The molecule has 0 saturated heterocycles. The second-order valence-electron chi connectivity index (χ2n) is 6.86. The lowest BCUT2D eigenvalue weighted by molar-refractivity contribution is 0.0970. The number of methoxy groups -OCH3 is 1. The molecule has 30 heavy (non-hydrogen) atoms. The molecule has 3 heterocycles. The molecule has 4 aromatic rings. The fourth-order valence-electron chi connectivity index (χ4n) is 3.80. The minimum Gasteiger partial charge on any atom is -0.497 e. The molecule has 6 nitrogen and oxygen atoms in total. The number of pyridine rings is 1. The number of anilines is 1. The number of ether oxygens (including phenoxy) is 1. The molecular weight excluding hydrogens is 404 g/mol. The van der Waals surface area contributed by atoms with Gasteiger partial charge in [0.05, 0.1) is 24.1 Å². The summed E-state index contributed by atoms with van der Waals surface area (Å²) in [5, 5.41) is 0.739. The van der Waals surface area contributed by atoms with E-state index in [2.05, 4.69) is 4.98 Å². The van der Waals surface area contributed by atoms with E-state index in [1.165, 1.54) is 4.90 Å². The molecule has 148 valence electrons. The van der Waals surface area contributed by atoms with Gasteiger partial charge in [0.1, 0.15) is 17.2 Å². The zero-order chi connectivity index (χ0) is 20.8. The molecular formula is C23H15ClN2O4. The van der Waals surface area contributed by atoms with E-state index >= 15 is 0 Å². The van der Waals surface area contributed by atoms with E-state index in [1.807, 2.05) is 12.1 Å². The summed E-state index contributed by atoms with van der Waals surface area (Å²) in [6, 6.07) is 16.6. The number of halogens is 1. The fourth-order valence-corrected chi connectivity index (χ4v) is 3.98. The Kier molecular flexibility index (Phi) is 4.29. The molecule has 0 fully saturated rings. The monoisotopic (exact) mass is 418 g/mol. The Morgan fingerprint density at radius 1 is 1.07 bits per heavy atom. The molecule has 0 unspecified atom stereocenters. The average Bonchev–Trinajstić information content (AvgIpc) is 3.07. The highest BCUT2D eigenvalue weighted by atomic mass is 35.5. The van der Waals surface area contributed by atoms with Gasteiger partial charge in [-0.2, -0.15) is 0 Å². The topological polar surface area (TPSA) is 72.6 Å². The van der Waals surface area contributed by atoms with Crippen molar-refractivity contribution in [1.29, 1.82) is 0 Å². The summed E-state index contributed by atoms with van der Waals surface area (Å²) in [6.45, 7) is 0. The maximum Gasteiger partial charge on any atom is 0.296 e. The van der Waals surface area contributed by atoms with Crippen molar-refractivity contribution in [3.63, 3.8) is 0 Å². The van der Waals surface area contributed by atoms with E-state index in [0.717, 1.165) is 0 Å². The van der Waals surface area contributed by atoms with E-state index in [0.29, 0.717) is 33.1 Å². The number of hydrogen-bond donors (Lipinski definition) is 0. The molecule has 2 aromatic heterocycles. The van der Waals surface area contributed by atoms with Crippen molar-refractivity contribution in [2.24, 2.45) is 0 Å². The highest BCUT2D eigenvalue weighted by molar-refractivity contribution is 6.31. The molecule has 7 heteroatoms. The van der Waals surface area contributed by atoms with Gasteiger partial charge in [0.15, 0.2) is 5.43 Å². The molecule has 0 aliphatic carbocycles. The lowest BCUT2D eigenvalue weighted by Gasteiger charge is -2.24. The van der Waals surface area contributed by atoms with Crippen molar-refractivity contribution in [3.05, 3.63) is 99.0 Å². The summed E-state index contributed by atoms with van der Waals surface area (Å²) in [5.41, 5.74) is 0.978. The number of benzene rings is 2.